The summed E-state index contributed by atoms with van der Waals surface area (Å²) in [7, 11) is 0. The SMILES string of the molecule is Cc1cccc(C(N)=S)c1Oc1ccc(Br)cc1C(C)C. The average Bonchev–Trinajstić information content (AvgIpc) is 2.42. The van der Waals surface area contributed by atoms with Gasteiger partial charge in [-0.25, -0.2) is 0 Å². The van der Waals surface area contributed by atoms with E-state index < -0.39 is 0 Å². The van der Waals surface area contributed by atoms with E-state index in [0.29, 0.717) is 10.9 Å². The Balaban J connectivity index is 2.51. The zero-order chi connectivity index (χ0) is 15.6. The van der Waals surface area contributed by atoms with Crippen molar-refractivity contribution in [1.82, 2.24) is 0 Å². The molecule has 2 N–H and O–H groups in total. The Kier molecular flexibility index (Phi) is 5.01. The van der Waals surface area contributed by atoms with Crippen LogP contribution in [0.4, 0.5) is 0 Å². The van der Waals surface area contributed by atoms with Gasteiger partial charge in [0.1, 0.15) is 16.5 Å². The van der Waals surface area contributed by atoms with E-state index in [9.17, 15) is 0 Å². The molecule has 0 unspecified atom stereocenters. The summed E-state index contributed by atoms with van der Waals surface area (Å²) >= 11 is 8.63. The summed E-state index contributed by atoms with van der Waals surface area (Å²) in [4.78, 5) is 0.344. The first-order chi connectivity index (χ1) is 9.90. The van der Waals surface area contributed by atoms with E-state index in [-0.39, 0.29) is 0 Å². The Morgan fingerprint density at radius 1 is 1.24 bits per heavy atom. The summed E-state index contributed by atoms with van der Waals surface area (Å²) < 4.78 is 7.20. The zero-order valence-corrected chi connectivity index (χ0v) is 14.7. The van der Waals surface area contributed by atoms with Crippen molar-refractivity contribution >= 4 is 33.1 Å². The minimum absolute atomic E-state index is 0.344. The minimum Gasteiger partial charge on any atom is -0.456 e. The van der Waals surface area contributed by atoms with Gasteiger partial charge in [-0.1, -0.05) is 54.1 Å². The number of ether oxygens (including phenoxy) is 1. The lowest BCUT2D eigenvalue weighted by Gasteiger charge is -2.17. The van der Waals surface area contributed by atoms with Crippen molar-refractivity contribution in [1.29, 1.82) is 0 Å². The number of rotatable bonds is 4. The maximum Gasteiger partial charge on any atom is 0.140 e. The quantitative estimate of drug-likeness (QED) is 0.747. The number of hydrogen-bond acceptors (Lipinski definition) is 2. The molecule has 0 aliphatic rings. The maximum atomic E-state index is 6.16. The Morgan fingerprint density at radius 3 is 2.57 bits per heavy atom. The van der Waals surface area contributed by atoms with Crippen LogP contribution in [0.25, 0.3) is 0 Å². The van der Waals surface area contributed by atoms with Gasteiger partial charge in [0.2, 0.25) is 0 Å². The van der Waals surface area contributed by atoms with Gasteiger partial charge < -0.3 is 10.5 Å². The number of thiocarbonyl (C=S) groups is 1. The highest BCUT2D eigenvalue weighted by Gasteiger charge is 2.14. The van der Waals surface area contributed by atoms with E-state index >= 15 is 0 Å². The van der Waals surface area contributed by atoms with Crippen molar-refractivity contribution in [3.05, 3.63) is 57.6 Å². The lowest BCUT2D eigenvalue weighted by Crippen LogP contribution is -2.11. The fourth-order valence-electron chi connectivity index (χ4n) is 2.16. The highest BCUT2D eigenvalue weighted by Crippen LogP contribution is 2.35. The zero-order valence-electron chi connectivity index (χ0n) is 12.3. The van der Waals surface area contributed by atoms with E-state index in [2.05, 4.69) is 35.8 Å². The van der Waals surface area contributed by atoms with Gasteiger partial charge >= 0.3 is 0 Å². The standard InChI is InChI=1S/C17H18BrNOS/c1-10(2)14-9-12(18)7-8-15(14)20-16-11(3)5-4-6-13(16)17(19)21/h4-10H,1-3H3,(H2,19,21). The molecule has 110 valence electrons. The van der Waals surface area contributed by atoms with Crippen molar-refractivity contribution in [2.24, 2.45) is 5.73 Å². The molecule has 2 rings (SSSR count). The fourth-order valence-corrected chi connectivity index (χ4v) is 2.69. The first-order valence-corrected chi connectivity index (χ1v) is 7.97. The number of hydrogen-bond donors (Lipinski definition) is 1. The van der Waals surface area contributed by atoms with E-state index in [4.69, 9.17) is 22.7 Å². The van der Waals surface area contributed by atoms with Crippen LogP contribution in [0.5, 0.6) is 11.5 Å². The van der Waals surface area contributed by atoms with Crippen LogP contribution in [0, 0.1) is 6.92 Å². The van der Waals surface area contributed by atoms with Gasteiger partial charge in [-0.2, -0.15) is 0 Å². The normalized spacial score (nSPS) is 10.7. The third-order valence-corrected chi connectivity index (χ3v) is 4.00. The Morgan fingerprint density at radius 2 is 1.95 bits per heavy atom. The number of benzene rings is 2. The summed E-state index contributed by atoms with van der Waals surface area (Å²) in [6.45, 7) is 6.27. The molecule has 2 aromatic rings. The molecule has 2 nitrogen and oxygen atoms in total. The maximum absolute atomic E-state index is 6.16. The van der Waals surface area contributed by atoms with Gasteiger partial charge in [0.25, 0.3) is 0 Å². The number of para-hydroxylation sites is 1. The van der Waals surface area contributed by atoms with Gasteiger partial charge in [0.05, 0.1) is 5.56 Å². The molecule has 0 bridgehead atoms. The fraction of sp³-hybridized carbons (Fsp3) is 0.235. The van der Waals surface area contributed by atoms with Crippen molar-refractivity contribution in [2.75, 3.05) is 0 Å². The molecule has 2 aromatic carbocycles. The van der Waals surface area contributed by atoms with Gasteiger partial charge in [-0.15, -0.1) is 0 Å². The molecule has 0 atom stereocenters. The van der Waals surface area contributed by atoms with Gasteiger partial charge in [0.15, 0.2) is 0 Å². The highest BCUT2D eigenvalue weighted by atomic mass is 79.9. The second-order valence-corrected chi connectivity index (χ2v) is 6.61. The molecular weight excluding hydrogens is 346 g/mol. The van der Waals surface area contributed by atoms with Crippen molar-refractivity contribution in [3.63, 3.8) is 0 Å². The predicted octanol–water partition coefficient (Wildman–Crippen LogP) is 5.31. The minimum atomic E-state index is 0.344. The van der Waals surface area contributed by atoms with Crippen LogP contribution in [0.3, 0.4) is 0 Å². The van der Waals surface area contributed by atoms with Crippen LogP contribution in [-0.4, -0.2) is 4.99 Å². The van der Waals surface area contributed by atoms with Crippen molar-refractivity contribution in [3.8, 4) is 11.5 Å². The summed E-state index contributed by atoms with van der Waals surface area (Å²) in [5.41, 5.74) is 8.72. The average molecular weight is 364 g/mol. The lowest BCUT2D eigenvalue weighted by atomic mass is 10.0. The number of nitrogens with two attached hydrogens (primary N) is 1. The second-order valence-electron chi connectivity index (χ2n) is 5.25. The molecule has 0 saturated carbocycles. The number of aryl methyl sites for hydroxylation is 1. The summed E-state index contributed by atoms with van der Waals surface area (Å²) in [6, 6.07) is 11.8. The van der Waals surface area contributed by atoms with Crippen LogP contribution >= 0.6 is 28.1 Å². The molecule has 21 heavy (non-hydrogen) atoms. The summed E-state index contributed by atoms with van der Waals surface area (Å²) in [6.07, 6.45) is 0. The van der Waals surface area contributed by atoms with Crippen LogP contribution < -0.4 is 10.5 Å². The summed E-state index contributed by atoms with van der Waals surface area (Å²) in [5, 5.41) is 0. The highest BCUT2D eigenvalue weighted by molar-refractivity contribution is 9.10. The molecule has 0 aromatic heterocycles. The van der Waals surface area contributed by atoms with Crippen molar-refractivity contribution in [2.45, 2.75) is 26.7 Å². The number of halogens is 1. The molecular formula is C17H18BrNOS. The first kappa shape index (κ1) is 16.0. The van der Waals surface area contributed by atoms with Crippen LogP contribution in [0.2, 0.25) is 0 Å². The first-order valence-electron chi connectivity index (χ1n) is 6.77. The molecule has 0 amide bonds. The topological polar surface area (TPSA) is 35.2 Å². The molecule has 0 aliphatic carbocycles. The third-order valence-electron chi connectivity index (χ3n) is 3.28. The van der Waals surface area contributed by atoms with Gasteiger partial charge in [-0.3, -0.25) is 0 Å². The van der Waals surface area contributed by atoms with Crippen LogP contribution in [0.15, 0.2) is 40.9 Å². The van der Waals surface area contributed by atoms with E-state index in [1.54, 1.807) is 0 Å². The van der Waals surface area contributed by atoms with E-state index in [0.717, 1.165) is 32.7 Å². The Labute approximate surface area is 139 Å². The summed E-state index contributed by atoms with van der Waals surface area (Å²) in [5.74, 6) is 1.92. The molecule has 0 aliphatic heterocycles. The monoisotopic (exact) mass is 363 g/mol. The van der Waals surface area contributed by atoms with Crippen LogP contribution in [-0.2, 0) is 0 Å². The Hall–Kier alpha value is -1.39. The third kappa shape index (κ3) is 3.63. The molecule has 4 heteroatoms. The molecule has 0 saturated heterocycles. The molecule has 0 spiro atoms. The molecule has 0 heterocycles. The van der Waals surface area contributed by atoms with Crippen LogP contribution in [0.1, 0.15) is 36.5 Å². The van der Waals surface area contributed by atoms with E-state index in [1.807, 2.05) is 37.3 Å². The Bertz CT molecular complexity index is 682. The van der Waals surface area contributed by atoms with Gasteiger partial charge in [0, 0.05) is 4.47 Å². The lowest BCUT2D eigenvalue weighted by molar-refractivity contribution is 0.468. The molecule has 0 fully saturated rings. The van der Waals surface area contributed by atoms with Crippen molar-refractivity contribution < 1.29 is 4.74 Å². The molecule has 0 radical (unpaired) electrons. The smallest absolute Gasteiger partial charge is 0.140 e. The van der Waals surface area contributed by atoms with Gasteiger partial charge in [-0.05, 0) is 48.2 Å². The second kappa shape index (κ2) is 6.58. The largest absolute Gasteiger partial charge is 0.456 e. The predicted molar refractivity (Wildman–Crippen MR) is 95.4 cm³/mol. The van der Waals surface area contributed by atoms with E-state index in [1.165, 1.54) is 0 Å².